The number of amides is 4. The van der Waals surface area contributed by atoms with Gasteiger partial charge in [0, 0.05) is 6.42 Å². The van der Waals surface area contributed by atoms with E-state index in [1.54, 1.807) is 49.4 Å². The SMILES string of the molecule is C.C=CCC[C@@](OCc1ccccc1)(c1nnc(-c2[nH]c(=O)c(C(F)(F)F)cc2N(C(=O)OC(C)(C)C)C(=O)OC(C)(C)C)o1)C(F)(F)F.C=CCC[C@@](OCc1ccccc1)(c1nnc(-c2nc(O[C@H](C)CC=C)c(C(F)(F)F)cc2N(C(=O)OC(C)(C)C)C(=O)OC(C)(C)C)o1)C(F)(F)F.C=CC[C@H](C)O. The Morgan fingerprint density at radius 3 is 1.22 bits per heavy atom. The average molecular weight is 1550 g/mol. The second-order valence-corrected chi connectivity index (χ2v) is 27.6. The van der Waals surface area contributed by atoms with Crippen molar-refractivity contribution in [1.82, 2.24) is 30.4 Å². The number of aromatic nitrogens is 6. The van der Waals surface area contributed by atoms with Crippen LogP contribution in [0.2, 0.25) is 0 Å². The first-order chi connectivity index (χ1) is 49.2. The van der Waals surface area contributed by atoms with Crippen LogP contribution in [0.4, 0.5) is 83.2 Å². The molecule has 0 unspecified atom stereocenters. The second-order valence-electron chi connectivity index (χ2n) is 27.6. The molecule has 0 bridgehead atoms. The number of imide groups is 2. The number of alkyl halides is 12. The normalized spacial score (nSPS) is 13.8. The van der Waals surface area contributed by atoms with Crippen molar-refractivity contribution in [3.05, 3.63) is 168 Å². The van der Waals surface area contributed by atoms with Crippen LogP contribution < -0.4 is 20.1 Å². The van der Waals surface area contributed by atoms with Crippen LogP contribution in [0, 0.1) is 0 Å². The Hall–Kier alpha value is -9.90. The lowest BCUT2D eigenvalue weighted by atomic mass is 9.96. The molecule has 4 atom stereocenters. The lowest BCUT2D eigenvalue weighted by Crippen LogP contribution is -2.45. The van der Waals surface area contributed by atoms with E-state index in [9.17, 15) is 63.5 Å². The summed E-state index contributed by atoms with van der Waals surface area (Å²) in [5.74, 6) is -5.34. The second kappa shape index (κ2) is 37.3. The van der Waals surface area contributed by atoms with Gasteiger partial charge in [0.1, 0.15) is 45.3 Å². The van der Waals surface area contributed by atoms with Crippen molar-refractivity contribution in [2.45, 2.75) is 227 Å². The summed E-state index contributed by atoms with van der Waals surface area (Å²) in [7, 11) is 0. The van der Waals surface area contributed by atoms with Crippen LogP contribution in [0.25, 0.3) is 23.2 Å². The Morgan fingerprint density at radius 2 is 0.889 bits per heavy atom. The number of rotatable bonds is 24. The molecule has 35 heteroatoms. The quantitative estimate of drug-likeness (QED) is 0.0323. The van der Waals surface area contributed by atoms with Gasteiger partial charge in [-0.2, -0.15) is 62.5 Å². The number of aromatic amines is 1. The van der Waals surface area contributed by atoms with Gasteiger partial charge in [0.05, 0.1) is 30.7 Å². The van der Waals surface area contributed by atoms with E-state index in [4.69, 9.17) is 47.1 Å². The molecule has 0 saturated heterocycles. The van der Waals surface area contributed by atoms with Crippen LogP contribution in [0.15, 0.2) is 137 Å². The number of aliphatic hydroxyl groups excluding tert-OH is 1. The van der Waals surface area contributed by atoms with Crippen LogP contribution in [0.1, 0.15) is 177 Å². The third kappa shape index (κ3) is 26.2. The van der Waals surface area contributed by atoms with Gasteiger partial charge < -0.3 is 52.1 Å². The zero-order valence-electron chi connectivity index (χ0n) is 61.2. The highest BCUT2D eigenvalue weighted by molar-refractivity contribution is 6.12. The minimum Gasteiger partial charge on any atom is -0.474 e. The number of H-pyrrole nitrogens is 1. The summed E-state index contributed by atoms with van der Waals surface area (Å²) in [6.07, 6.45) is -24.1. The zero-order chi connectivity index (χ0) is 81.3. The maximum absolute atomic E-state index is 15.1. The van der Waals surface area contributed by atoms with Gasteiger partial charge in [0.15, 0.2) is 5.69 Å². The predicted molar refractivity (Wildman–Crippen MR) is 373 cm³/mol. The largest absolute Gasteiger partial charge is 0.474 e. The molecule has 0 aliphatic rings. The molecule has 0 aliphatic carbocycles. The molecule has 4 heterocycles. The van der Waals surface area contributed by atoms with Gasteiger partial charge in [-0.15, -0.1) is 46.7 Å². The molecular formula is C73H90F12N8O15. The molecule has 0 fully saturated rings. The van der Waals surface area contributed by atoms with Crippen molar-refractivity contribution < 1.29 is 119 Å². The summed E-state index contributed by atoms with van der Waals surface area (Å²) in [4.78, 5) is 72.5. The van der Waals surface area contributed by atoms with Crippen LogP contribution >= 0.6 is 0 Å². The van der Waals surface area contributed by atoms with Gasteiger partial charge >= 0.3 is 49.1 Å². The van der Waals surface area contributed by atoms with Gasteiger partial charge in [-0.05, 0) is 152 Å². The Labute approximate surface area is 616 Å². The van der Waals surface area contributed by atoms with Crippen molar-refractivity contribution >= 4 is 35.7 Å². The third-order valence-electron chi connectivity index (χ3n) is 13.6. The standard InChI is InChI=1S/C36H42F6N4O7.C31H34F6N4O7.C5H10O.CH4/c1-10-12-19-34(36(40,41)42,49-21-23-17-14-13-15-18-23)29-45-44-28(51-29)26-25(20-24(35(37,38)39)27(43-26)50-22(3)16-11-2)46(30(47)52-32(4,5)6)31(48)53-33(7,8)9;1-8-9-15-29(31(35,36)37,45-17-18-13-11-10-12-14-18)24-40-39-23(46-24)21-20(16-19(22(42)38-21)30(32,33)34)41(25(43)47-27(2,3)4)26(44)48-28(5,6)7;1-3-4-5(2)6;/h10-11,13-15,17-18,20,22H,1-2,12,16,19,21H2,3-9H3;8,10-14,16H,1,9,15,17H2,2-7H3,(H,38,42);3,5-6H,1,4H2,2H3;1H4/t22-,34-;29-;5-;/m110./s1. The topological polar surface area (TPSA) is 283 Å². The fourth-order valence-electron chi connectivity index (χ4n) is 8.98. The highest BCUT2D eigenvalue weighted by Crippen LogP contribution is 2.50. The first-order valence-electron chi connectivity index (χ1n) is 32.6. The number of pyridine rings is 2. The molecule has 2 aromatic carbocycles. The predicted octanol–water partition coefficient (Wildman–Crippen LogP) is 19.8. The average Bonchev–Trinajstić information content (AvgIpc) is 1.51. The third-order valence-corrected chi connectivity index (χ3v) is 13.6. The summed E-state index contributed by atoms with van der Waals surface area (Å²) >= 11 is 0. The number of nitrogens with one attached hydrogen (secondary N) is 1. The van der Waals surface area contributed by atoms with Crippen LogP contribution in [0.3, 0.4) is 0 Å². The molecule has 23 nitrogen and oxygen atoms in total. The number of carbonyl (C=O) groups excluding carboxylic acids is 4. The number of hydrogen-bond acceptors (Lipinski definition) is 20. The van der Waals surface area contributed by atoms with Crippen molar-refractivity contribution in [1.29, 1.82) is 0 Å². The Balaban J connectivity index is 0.000000518. The highest BCUT2D eigenvalue weighted by atomic mass is 19.4. The molecule has 2 N–H and O–H groups in total. The van der Waals surface area contributed by atoms with Crippen LogP contribution in [-0.4, -0.2) is 107 Å². The Bertz CT molecular complexity index is 4000. The Morgan fingerprint density at radius 1 is 0.528 bits per heavy atom. The van der Waals surface area contributed by atoms with Crippen molar-refractivity contribution in [3.8, 4) is 29.0 Å². The molecule has 4 aromatic heterocycles. The van der Waals surface area contributed by atoms with Gasteiger partial charge in [-0.25, -0.2) is 24.2 Å². The zero-order valence-corrected chi connectivity index (χ0v) is 61.2. The molecule has 6 rings (SSSR count). The number of nitrogens with zero attached hydrogens (tertiary/aromatic N) is 7. The van der Waals surface area contributed by atoms with E-state index >= 15 is 13.2 Å². The molecule has 0 radical (unpaired) electrons. The molecule has 6 aromatic rings. The summed E-state index contributed by atoms with van der Waals surface area (Å²) in [5, 5.41) is 22.9. The molecular weight excluding hydrogens is 1460 g/mol. The number of hydrogen-bond donors (Lipinski definition) is 2. The van der Waals surface area contributed by atoms with E-state index in [1.807, 2.05) is 4.98 Å². The monoisotopic (exact) mass is 1550 g/mol. The van der Waals surface area contributed by atoms with Gasteiger partial charge in [0.25, 0.3) is 29.1 Å². The maximum atomic E-state index is 15.1. The van der Waals surface area contributed by atoms with Gasteiger partial charge in [0.2, 0.25) is 17.1 Å². The summed E-state index contributed by atoms with van der Waals surface area (Å²) in [6, 6.07) is 16.2. The van der Waals surface area contributed by atoms with Crippen LogP contribution in [0.5, 0.6) is 5.88 Å². The number of carbonyl (C=O) groups is 4. The van der Waals surface area contributed by atoms with Crippen LogP contribution in [-0.2, 0) is 65.2 Å². The molecule has 4 amide bonds. The van der Waals surface area contributed by atoms with Gasteiger partial charge in [-0.3, -0.25) is 4.79 Å². The van der Waals surface area contributed by atoms with Crippen molar-refractivity contribution in [2.75, 3.05) is 9.80 Å². The molecule has 108 heavy (non-hydrogen) atoms. The minimum atomic E-state index is -5.32. The Kier molecular flexibility index (Phi) is 31.9. The molecule has 0 spiro atoms. The summed E-state index contributed by atoms with van der Waals surface area (Å²) in [5.41, 5.74) is -20.1. The lowest BCUT2D eigenvalue weighted by molar-refractivity contribution is -0.299. The first-order valence-corrected chi connectivity index (χ1v) is 32.6. The molecule has 0 aliphatic heterocycles. The van der Waals surface area contributed by atoms with E-state index < -0.39 is 184 Å². The maximum Gasteiger partial charge on any atom is 0.426 e. The number of allylic oxidation sites excluding steroid dienone is 2. The number of halogens is 12. The first kappa shape index (κ1) is 92.3. The van der Waals surface area contributed by atoms with Crippen molar-refractivity contribution in [2.24, 2.45) is 0 Å². The fraction of sp³-hybridized carbons (Fsp3) is 0.479. The fourth-order valence-corrected chi connectivity index (χ4v) is 8.98. The van der Waals surface area contributed by atoms with Crippen molar-refractivity contribution in [3.63, 3.8) is 0 Å². The minimum absolute atomic E-state index is 0. The summed E-state index contributed by atoms with van der Waals surface area (Å²) < 4.78 is 224. The van der Waals surface area contributed by atoms with E-state index in [0.717, 1.165) is 0 Å². The number of aliphatic hydroxyl groups is 1. The molecule has 596 valence electrons. The highest BCUT2D eigenvalue weighted by Gasteiger charge is 2.62. The molecule has 0 saturated carbocycles. The lowest BCUT2D eigenvalue weighted by Gasteiger charge is -2.32. The number of anilines is 2. The summed E-state index contributed by atoms with van der Waals surface area (Å²) in [6.45, 7) is 32.9. The number of benzene rings is 2. The van der Waals surface area contributed by atoms with E-state index in [2.05, 4.69) is 51.7 Å². The van der Waals surface area contributed by atoms with E-state index in [-0.39, 0.29) is 48.7 Å². The van der Waals surface area contributed by atoms with Gasteiger partial charge in [-0.1, -0.05) is 92.4 Å². The van der Waals surface area contributed by atoms with E-state index in [1.165, 1.54) is 133 Å². The van der Waals surface area contributed by atoms with E-state index in [0.29, 0.717) is 23.6 Å². The smallest absolute Gasteiger partial charge is 0.426 e. The number of ether oxygens (including phenoxy) is 7.